The lowest BCUT2D eigenvalue weighted by Gasteiger charge is -2.28. The van der Waals surface area contributed by atoms with Crippen LogP contribution >= 0.6 is 0 Å². The summed E-state index contributed by atoms with van der Waals surface area (Å²) in [5.74, 6) is 1.18. The van der Waals surface area contributed by atoms with Crippen LogP contribution in [0.2, 0.25) is 0 Å². The number of hydrogen-bond donors (Lipinski definition) is 1. The van der Waals surface area contributed by atoms with E-state index >= 15 is 0 Å². The Labute approximate surface area is 95.8 Å². The van der Waals surface area contributed by atoms with Crippen LogP contribution < -0.4 is 5.32 Å². The zero-order valence-corrected chi connectivity index (χ0v) is 11.6. The fourth-order valence-electron chi connectivity index (χ4n) is 1.21. The van der Waals surface area contributed by atoms with Crippen molar-refractivity contribution in [3.8, 4) is 0 Å². The van der Waals surface area contributed by atoms with Crippen molar-refractivity contribution in [3.63, 3.8) is 0 Å². The van der Waals surface area contributed by atoms with Crippen LogP contribution in [0.5, 0.6) is 0 Å². The highest BCUT2D eigenvalue weighted by atomic mass is 16.5. The predicted molar refractivity (Wildman–Crippen MR) is 67.2 cm³/mol. The van der Waals surface area contributed by atoms with Gasteiger partial charge in [0.25, 0.3) is 0 Å². The smallest absolute Gasteiger partial charge is 0.0722 e. The van der Waals surface area contributed by atoms with Gasteiger partial charge in [0.2, 0.25) is 0 Å². The van der Waals surface area contributed by atoms with Gasteiger partial charge in [0.15, 0.2) is 0 Å². The highest BCUT2D eigenvalue weighted by molar-refractivity contribution is 4.75. The fraction of sp³-hybridized carbons (Fsp3) is 1.00. The lowest BCUT2D eigenvalue weighted by Crippen LogP contribution is -2.43. The molecular formula is C13H29NO. The van der Waals surface area contributed by atoms with Gasteiger partial charge in [0.1, 0.15) is 0 Å². The average molecular weight is 215 g/mol. The highest BCUT2D eigenvalue weighted by Crippen LogP contribution is 2.09. The first kappa shape index (κ1) is 14.9. The number of rotatable bonds is 6. The van der Waals surface area contributed by atoms with Gasteiger partial charge in [-0.15, -0.1) is 0 Å². The molecule has 0 aliphatic rings. The molecule has 0 amide bonds. The van der Waals surface area contributed by atoms with E-state index in [0.29, 0.717) is 17.9 Å². The van der Waals surface area contributed by atoms with Crippen LogP contribution in [0.4, 0.5) is 0 Å². The minimum atomic E-state index is 0.175. The van der Waals surface area contributed by atoms with Crippen molar-refractivity contribution in [2.75, 3.05) is 13.2 Å². The van der Waals surface area contributed by atoms with Gasteiger partial charge in [0.05, 0.1) is 6.10 Å². The third-order valence-corrected chi connectivity index (χ3v) is 2.22. The van der Waals surface area contributed by atoms with E-state index in [1.165, 1.54) is 0 Å². The van der Waals surface area contributed by atoms with Crippen LogP contribution in [0.15, 0.2) is 0 Å². The summed E-state index contributed by atoms with van der Waals surface area (Å²) in [7, 11) is 0. The van der Waals surface area contributed by atoms with Crippen molar-refractivity contribution < 1.29 is 4.74 Å². The second-order valence-corrected chi connectivity index (χ2v) is 6.14. The molecule has 0 spiro atoms. The molecular weight excluding hydrogens is 186 g/mol. The molecule has 0 heterocycles. The predicted octanol–water partition coefficient (Wildman–Crippen LogP) is 3.07. The van der Waals surface area contributed by atoms with Gasteiger partial charge in [0, 0.05) is 18.7 Å². The van der Waals surface area contributed by atoms with Crippen molar-refractivity contribution in [2.45, 2.75) is 60.1 Å². The topological polar surface area (TPSA) is 21.3 Å². The maximum atomic E-state index is 5.90. The minimum Gasteiger partial charge on any atom is -0.376 e. The minimum absolute atomic E-state index is 0.175. The first-order valence-corrected chi connectivity index (χ1v) is 6.09. The molecule has 0 aliphatic heterocycles. The van der Waals surface area contributed by atoms with Crippen molar-refractivity contribution in [1.82, 2.24) is 5.32 Å². The summed E-state index contributed by atoms with van der Waals surface area (Å²) < 4.78 is 5.90. The van der Waals surface area contributed by atoms with Gasteiger partial charge < -0.3 is 10.1 Å². The molecule has 15 heavy (non-hydrogen) atoms. The molecule has 0 aromatic rings. The van der Waals surface area contributed by atoms with Crippen LogP contribution in [-0.4, -0.2) is 24.8 Å². The van der Waals surface area contributed by atoms with Gasteiger partial charge in [-0.3, -0.25) is 0 Å². The summed E-state index contributed by atoms with van der Waals surface area (Å²) in [6.45, 7) is 17.2. The third kappa shape index (κ3) is 8.88. The van der Waals surface area contributed by atoms with E-state index in [-0.39, 0.29) is 5.54 Å². The average Bonchev–Trinajstić information content (AvgIpc) is 2.00. The molecule has 0 aliphatic carbocycles. The molecule has 0 rings (SSSR count). The van der Waals surface area contributed by atoms with E-state index < -0.39 is 0 Å². The molecule has 92 valence electrons. The molecule has 0 saturated carbocycles. The molecule has 0 aromatic carbocycles. The Bertz CT molecular complexity index is 158. The zero-order valence-electron chi connectivity index (χ0n) is 11.6. The van der Waals surface area contributed by atoms with Gasteiger partial charge in [-0.1, -0.05) is 27.7 Å². The van der Waals surface area contributed by atoms with E-state index in [2.05, 4.69) is 53.8 Å². The Kier molecular flexibility index (Phi) is 6.46. The van der Waals surface area contributed by atoms with E-state index in [1.807, 2.05) is 0 Å². The lowest BCUT2D eigenvalue weighted by molar-refractivity contribution is 0.00522. The van der Waals surface area contributed by atoms with E-state index in [0.717, 1.165) is 13.2 Å². The number of ether oxygens (including phenoxy) is 1. The van der Waals surface area contributed by atoms with Crippen LogP contribution in [0.1, 0.15) is 48.5 Å². The van der Waals surface area contributed by atoms with Gasteiger partial charge in [-0.2, -0.15) is 0 Å². The molecule has 2 heteroatoms. The fourth-order valence-corrected chi connectivity index (χ4v) is 1.21. The standard InChI is InChI=1S/C13H29NO/c1-10(2)9-15-12(11(3)4)8-14-13(5,6)7/h10-12,14H,8-9H2,1-7H3. The van der Waals surface area contributed by atoms with Gasteiger partial charge in [-0.05, 0) is 32.6 Å². The van der Waals surface area contributed by atoms with E-state index in [1.54, 1.807) is 0 Å². The Morgan fingerprint density at radius 1 is 1.07 bits per heavy atom. The summed E-state index contributed by atoms with van der Waals surface area (Å²) in [4.78, 5) is 0. The second kappa shape index (κ2) is 6.49. The summed E-state index contributed by atoms with van der Waals surface area (Å²) in [6, 6.07) is 0. The van der Waals surface area contributed by atoms with Crippen molar-refractivity contribution >= 4 is 0 Å². The maximum Gasteiger partial charge on any atom is 0.0722 e. The summed E-state index contributed by atoms with van der Waals surface area (Å²) in [5, 5.41) is 3.50. The van der Waals surface area contributed by atoms with Crippen LogP contribution in [0.25, 0.3) is 0 Å². The summed E-state index contributed by atoms with van der Waals surface area (Å²) in [6.07, 6.45) is 0.326. The summed E-state index contributed by atoms with van der Waals surface area (Å²) >= 11 is 0. The largest absolute Gasteiger partial charge is 0.376 e. The molecule has 1 atom stereocenters. The van der Waals surface area contributed by atoms with E-state index in [9.17, 15) is 0 Å². The summed E-state index contributed by atoms with van der Waals surface area (Å²) in [5.41, 5.74) is 0.175. The van der Waals surface area contributed by atoms with Crippen molar-refractivity contribution in [3.05, 3.63) is 0 Å². The highest BCUT2D eigenvalue weighted by Gasteiger charge is 2.17. The Hall–Kier alpha value is -0.0800. The molecule has 0 aromatic heterocycles. The Morgan fingerprint density at radius 3 is 1.93 bits per heavy atom. The molecule has 0 saturated heterocycles. The van der Waals surface area contributed by atoms with Gasteiger partial charge >= 0.3 is 0 Å². The Balaban J connectivity index is 3.95. The normalized spacial score (nSPS) is 15.0. The molecule has 1 N–H and O–H groups in total. The lowest BCUT2D eigenvalue weighted by atomic mass is 10.0. The van der Waals surface area contributed by atoms with Crippen LogP contribution in [0, 0.1) is 11.8 Å². The Morgan fingerprint density at radius 2 is 1.60 bits per heavy atom. The first-order valence-electron chi connectivity index (χ1n) is 6.09. The van der Waals surface area contributed by atoms with Crippen molar-refractivity contribution in [1.29, 1.82) is 0 Å². The SMILES string of the molecule is CC(C)COC(CNC(C)(C)C)C(C)C. The molecule has 2 nitrogen and oxygen atoms in total. The quantitative estimate of drug-likeness (QED) is 0.735. The van der Waals surface area contributed by atoms with Crippen LogP contribution in [0.3, 0.4) is 0 Å². The maximum absolute atomic E-state index is 5.90. The molecule has 1 unspecified atom stereocenters. The molecule has 0 bridgehead atoms. The second-order valence-electron chi connectivity index (χ2n) is 6.14. The van der Waals surface area contributed by atoms with Crippen molar-refractivity contribution in [2.24, 2.45) is 11.8 Å². The van der Waals surface area contributed by atoms with Crippen LogP contribution in [-0.2, 0) is 4.74 Å². The van der Waals surface area contributed by atoms with E-state index in [4.69, 9.17) is 4.74 Å². The monoisotopic (exact) mass is 215 g/mol. The number of nitrogens with one attached hydrogen (secondary N) is 1. The third-order valence-electron chi connectivity index (χ3n) is 2.22. The number of hydrogen-bond acceptors (Lipinski definition) is 2. The molecule has 0 fully saturated rings. The zero-order chi connectivity index (χ0) is 12.1. The molecule has 0 radical (unpaired) electrons. The van der Waals surface area contributed by atoms with Gasteiger partial charge in [-0.25, -0.2) is 0 Å². The first-order chi connectivity index (χ1) is 6.72.